The van der Waals surface area contributed by atoms with E-state index in [9.17, 15) is 22.8 Å². The molecule has 0 spiro atoms. The molecule has 1 N–H and O–H groups in total. The Kier molecular flexibility index (Phi) is 4.49. The Morgan fingerprint density at radius 2 is 1.83 bits per heavy atom. The van der Waals surface area contributed by atoms with E-state index in [1.54, 1.807) is 40.3 Å². The predicted molar refractivity (Wildman–Crippen MR) is 79.5 cm³/mol. The summed E-state index contributed by atoms with van der Waals surface area (Å²) in [5.41, 5.74) is 1.68. The number of carbonyl (C=O) groups excluding carboxylic acids is 2. The van der Waals surface area contributed by atoms with Gasteiger partial charge in [0.05, 0.1) is 11.6 Å². The number of amides is 1. The van der Waals surface area contributed by atoms with Crippen LogP contribution in [0.3, 0.4) is 0 Å². The van der Waals surface area contributed by atoms with Crippen molar-refractivity contribution < 1.29 is 22.8 Å². The highest BCUT2D eigenvalue weighted by Crippen LogP contribution is 2.27. The fraction of sp³-hybridized carbons (Fsp3) is 0.375. The molecule has 1 atom stereocenters. The third-order valence-electron chi connectivity index (χ3n) is 3.58. The van der Waals surface area contributed by atoms with Gasteiger partial charge < -0.3 is 9.72 Å². The molecule has 0 fully saturated rings. The molecule has 0 unspecified atom stereocenters. The topological polar surface area (TPSA) is 50.6 Å². The molecule has 4 nitrogen and oxygen atoms in total. The summed E-state index contributed by atoms with van der Waals surface area (Å²) in [5.74, 6) is -2.65. The molecule has 7 heteroatoms. The van der Waals surface area contributed by atoms with Crippen LogP contribution in [0, 0.1) is 0 Å². The molecule has 0 aromatic carbocycles. The van der Waals surface area contributed by atoms with Gasteiger partial charge in [-0.2, -0.15) is 13.2 Å². The van der Waals surface area contributed by atoms with Crippen LogP contribution in [-0.2, 0) is 4.79 Å². The van der Waals surface area contributed by atoms with E-state index in [2.05, 4.69) is 0 Å². The number of rotatable bonds is 4. The monoisotopic (exact) mass is 326 g/mol. The average molecular weight is 326 g/mol. The molecule has 2 aromatic rings. The molecule has 0 aliphatic rings. The minimum atomic E-state index is -5.02. The van der Waals surface area contributed by atoms with E-state index >= 15 is 0 Å². The van der Waals surface area contributed by atoms with Crippen LogP contribution in [0.15, 0.2) is 30.6 Å². The summed E-state index contributed by atoms with van der Waals surface area (Å²) in [5, 5.41) is 1.72. The minimum absolute atomic E-state index is 0.0133. The first kappa shape index (κ1) is 17.1. The molecule has 0 saturated heterocycles. The zero-order chi connectivity index (χ0) is 17.4. The Hall–Kier alpha value is -2.31. The van der Waals surface area contributed by atoms with Crippen LogP contribution in [0.5, 0.6) is 0 Å². The third-order valence-corrected chi connectivity index (χ3v) is 3.58. The van der Waals surface area contributed by atoms with Crippen LogP contribution in [-0.4, -0.2) is 28.3 Å². The van der Waals surface area contributed by atoms with Crippen LogP contribution in [0.1, 0.15) is 42.6 Å². The van der Waals surface area contributed by atoms with E-state index < -0.39 is 23.9 Å². The Morgan fingerprint density at radius 1 is 1.17 bits per heavy atom. The lowest BCUT2D eigenvalue weighted by Gasteiger charge is -2.15. The SMILES string of the molecule is CC(C)c1cn2ccccc2c1C(=O)[C@@H](C)NC(=O)C(F)(F)F. The van der Waals surface area contributed by atoms with Crippen LogP contribution in [0.4, 0.5) is 13.2 Å². The molecular formula is C16H17F3N2O2. The van der Waals surface area contributed by atoms with Gasteiger partial charge in [-0.1, -0.05) is 19.9 Å². The van der Waals surface area contributed by atoms with Crippen LogP contribution >= 0.6 is 0 Å². The highest BCUT2D eigenvalue weighted by atomic mass is 19.4. The molecule has 124 valence electrons. The number of alkyl halides is 3. The van der Waals surface area contributed by atoms with Gasteiger partial charge in [-0.25, -0.2) is 0 Å². The van der Waals surface area contributed by atoms with Gasteiger partial charge in [0.25, 0.3) is 0 Å². The number of halogens is 3. The lowest BCUT2D eigenvalue weighted by Crippen LogP contribution is -2.45. The molecule has 23 heavy (non-hydrogen) atoms. The second-order valence-electron chi connectivity index (χ2n) is 5.66. The van der Waals surface area contributed by atoms with Crippen molar-refractivity contribution in [2.45, 2.75) is 38.9 Å². The standard InChI is InChI=1S/C16H17F3N2O2/c1-9(2)11-8-21-7-5-4-6-12(21)13(11)14(22)10(3)20-15(23)16(17,18)19/h4-10H,1-3H3,(H,20,23)/t10-/m1/s1. The van der Waals surface area contributed by atoms with Crippen molar-refractivity contribution in [3.63, 3.8) is 0 Å². The maximum absolute atomic E-state index is 12.6. The number of Topliss-reactive ketones (excluding diaryl/α,β-unsaturated/α-hetero) is 1. The normalized spacial score (nSPS) is 13.3. The zero-order valence-electron chi connectivity index (χ0n) is 12.9. The Morgan fingerprint density at radius 3 is 2.39 bits per heavy atom. The highest BCUT2D eigenvalue weighted by Gasteiger charge is 2.40. The first-order chi connectivity index (χ1) is 10.6. The van der Waals surface area contributed by atoms with Crippen molar-refractivity contribution in [2.75, 3.05) is 0 Å². The molecule has 2 rings (SSSR count). The number of ketones is 1. The smallest absolute Gasteiger partial charge is 0.338 e. The summed E-state index contributed by atoms with van der Waals surface area (Å²) in [6.45, 7) is 5.04. The summed E-state index contributed by atoms with van der Waals surface area (Å²) < 4.78 is 38.8. The predicted octanol–water partition coefficient (Wildman–Crippen LogP) is 3.31. The van der Waals surface area contributed by atoms with E-state index in [1.165, 1.54) is 6.92 Å². The number of nitrogens with zero attached hydrogens (tertiary/aromatic N) is 1. The van der Waals surface area contributed by atoms with Crippen molar-refractivity contribution >= 4 is 17.2 Å². The maximum atomic E-state index is 12.6. The van der Waals surface area contributed by atoms with E-state index in [4.69, 9.17) is 0 Å². The van der Waals surface area contributed by atoms with E-state index in [0.717, 1.165) is 5.56 Å². The fourth-order valence-electron chi connectivity index (χ4n) is 2.41. The van der Waals surface area contributed by atoms with Gasteiger partial charge in [0.1, 0.15) is 0 Å². The maximum Gasteiger partial charge on any atom is 0.471 e. The van der Waals surface area contributed by atoms with Crippen molar-refractivity contribution in [2.24, 2.45) is 0 Å². The number of fused-ring (bicyclic) bond motifs is 1. The molecule has 0 radical (unpaired) electrons. The number of hydrogen-bond donors (Lipinski definition) is 1. The lowest BCUT2D eigenvalue weighted by molar-refractivity contribution is -0.173. The first-order valence-corrected chi connectivity index (χ1v) is 7.14. The molecular weight excluding hydrogens is 309 g/mol. The quantitative estimate of drug-likeness (QED) is 0.876. The number of carbonyl (C=O) groups is 2. The summed E-state index contributed by atoms with van der Waals surface area (Å²) in [7, 11) is 0. The number of hydrogen-bond acceptors (Lipinski definition) is 2. The van der Waals surface area contributed by atoms with Crippen molar-refractivity contribution in [1.82, 2.24) is 9.72 Å². The lowest BCUT2D eigenvalue weighted by atomic mass is 9.95. The van der Waals surface area contributed by atoms with Gasteiger partial charge in [-0.15, -0.1) is 0 Å². The van der Waals surface area contributed by atoms with Crippen LogP contribution in [0.25, 0.3) is 5.52 Å². The third kappa shape index (κ3) is 3.38. The average Bonchev–Trinajstić information content (AvgIpc) is 2.84. The second-order valence-corrected chi connectivity index (χ2v) is 5.66. The van der Waals surface area contributed by atoms with Gasteiger partial charge >= 0.3 is 12.1 Å². The van der Waals surface area contributed by atoms with Crippen molar-refractivity contribution in [1.29, 1.82) is 0 Å². The number of nitrogens with one attached hydrogen (secondary N) is 1. The van der Waals surface area contributed by atoms with Gasteiger partial charge in [0, 0.05) is 18.0 Å². The minimum Gasteiger partial charge on any atom is -0.338 e. The number of aromatic nitrogens is 1. The fourth-order valence-corrected chi connectivity index (χ4v) is 2.41. The number of pyridine rings is 1. The van der Waals surface area contributed by atoms with Crippen LogP contribution in [0.2, 0.25) is 0 Å². The summed E-state index contributed by atoms with van der Waals surface area (Å²) >= 11 is 0. The summed E-state index contributed by atoms with van der Waals surface area (Å²) in [6.07, 6.45) is -1.47. The van der Waals surface area contributed by atoms with E-state index in [1.807, 2.05) is 13.8 Å². The van der Waals surface area contributed by atoms with Gasteiger partial charge in [0.2, 0.25) is 0 Å². The van der Waals surface area contributed by atoms with Crippen molar-refractivity contribution in [3.8, 4) is 0 Å². The molecule has 1 amide bonds. The van der Waals surface area contributed by atoms with Crippen LogP contribution < -0.4 is 5.32 Å². The van der Waals surface area contributed by atoms with Gasteiger partial charge in [0.15, 0.2) is 5.78 Å². The largest absolute Gasteiger partial charge is 0.471 e. The molecule has 0 aliphatic carbocycles. The summed E-state index contributed by atoms with van der Waals surface area (Å²) in [4.78, 5) is 23.6. The molecule has 0 saturated carbocycles. The molecule has 0 aliphatic heterocycles. The van der Waals surface area contributed by atoms with Gasteiger partial charge in [-0.3, -0.25) is 9.59 Å². The summed E-state index contributed by atoms with van der Waals surface area (Å²) in [6, 6.07) is 3.99. The second kappa shape index (κ2) is 6.06. The van der Waals surface area contributed by atoms with E-state index in [0.29, 0.717) is 11.1 Å². The van der Waals surface area contributed by atoms with E-state index in [-0.39, 0.29) is 5.92 Å². The first-order valence-electron chi connectivity index (χ1n) is 7.14. The molecule has 2 aromatic heterocycles. The zero-order valence-corrected chi connectivity index (χ0v) is 12.9. The Balaban J connectivity index is 2.40. The Labute approximate surface area is 131 Å². The highest BCUT2D eigenvalue weighted by molar-refractivity contribution is 6.08. The van der Waals surface area contributed by atoms with Crippen molar-refractivity contribution in [3.05, 3.63) is 41.7 Å². The Bertz CT molecular complexity index is 747. The van der Waals surface area contributed by atoms with Gasteiger partial charge in [-0.05, 0) is 30.5 Å². The molecule has 2 heterocycles. The molecule has 0 bridgehead atoms.